The lowest BCUT2D eigenvalue weighted by Crippen LogP contribution is -2.36. The third kappa shape index (κ3) is 3.12. The molecule has 120 valence electrons. The van der Waals surface area contributed by atoms with Crippen molar-refractivity contribution in [3.8, 4) is 5.75 Å². The first-order chi connectivity index (χ1) is 11.1. The number of rotatable bonds is 3. The van der Waals surface area contributed by atoms with Crippen LogP contribution in [0.5, 0.6) is 5.75 Å². The highest BCUT2D eigenvalue weighted by Crippen LogP contribution is 2.25. The zero-order chi connectivity index (χ0) is 16.4. The molecule has 0 aliphatic carbocycles. The summed E-state index contributed by atoms with van der Waals surface area (Å²) in [4.78, 5) is 30.3. The molecule has 6 heteroatoms. The molecule has 0 bridgehead atoms. The number of ether oxygens (including phenoxy) is 1. The number of thioether (sulfide) groups is 1. The van der Waals surface area contributed by atoms with E-state index in [0.29, 0.717) is 18.8 Å². The summed E-state index contributed by atoms with van der Waals surface area (Å²) in [6.45, 7) is 1.22. The molecule has 1 aromatic heterocycles. The van der Waals surface area contributed by atoms with E-state index in [2.05, 4.69) is 29.4 Å². The number of aromatic amines is 1. The van der Waals surface area contributed by atoms with Gasteiger partial charge in [0.25, 0.3) is 5.91 Å². The Labute approximate surface area is 138 Å². The van der Waals surface area contributed by atoms with Crippen LogP contribution in [0.4, 0.5) is 0 Å². The van der Waals surface area contributed by atoms with Crippen molar-refractivity contribution in [2.24, 2.45) is 0 Å². The van der Waals surface area contributed by atoms with Crippen LogP contribution in [0.2, 0.25) is 0 Å². The van der Waals surface area contributed by atoms with Gasteiger partial charge < -0.3 is 14.6 Å². The standard InChI is InChI=1S/C17H18N2O3S/c1-22-16-9-18-14(8-15(16)20)17(21)19-6-5-11-7-13(23-2)4-3-12(11)10-19/h3-4,7-9H,5-6,10H2,1-2H3,(H,18,20). The molecule has 5 nitrogen and oxygen atoms in total. The molecule has 1 aliphatic heterocycles. The molecule has 0 saturated heterocycles. The smallest absolute Gasteiger partial charge is 0.270 e. The Kier molecular flexibility index (Phi) is 4.43. The highest BCUT2D eigenvalue weighted by Gasteiger charge is 2.23. The summed E-state index contributed by atoms with van der Waals surface area (Å²) in [6.07, 6.45) is 4.31. The monoisotopic (exact) mass is 330 g/mol. The average molecular weight is 330 g/mol. The van der Waals surface area contributed by atoms with Crippen molar-refractivity contribution in [3.05, 3.63) is 57.5 Å². The van der Waals surface area contributed by atoms with Crippen molar-refractivity contribution in [2.75, 3.05) is 19.9 Å². The largest absolute Gasteiger partial charge is 0.491 e. The first kappa shape index (κ1) is 15.7. The molecule has 2 heterocycles. The Morgan fingerprint density at radius 1 is 1.30 bits per heavy atom. The van der Waals surface area contributed by atoms with Crippen LogP contribution in [0.15, 0.2) is 40.2 Å². The highest BCUT2D eigenvalue weighted by molar-refractivity contribution is 7.98. The van der Waals surface area contributed by atoms with E-state index in [0.717, 1.165) is 6.42 Å². The molecule has 0 atom stereocenters. The zero-order valence-corrected chi connectivity index (χ0v) is 13.9. The van der Waals surface area contributed by atoms with Gasteiger partial charge in [0, 0.05) is 30.2 Å². The third-order valence-corrected chi connectivity index (χ3v) is 4.77. The number of carbonyl (C=O) groups excluding carboxylic acids is 1. The van der Waals surface area contributed by atoms with Crippen LogP contribution < -0.4 is 10.2 Å². The Morgan fingerprint density at radius 3 is 2.83 bits per heavy atom. The number of hydrogen-bond acceptors (Lipinski definition) is 4. The summed E-state index contributed by atoms with van der Waals surface area (Å²) in [5, 5.41) is 0. The van der Waals surface area contributed by atoms with Crippen molar-refractivity contribution in [1.82, 2.24) is 9.88 Å². The molecule has 1 amide bonds. The second-order valence-electron chi connectivity index (χ2n) is 5.39. The Morgan fingerprint density at radius 2 is 2.13 bits per heavy atom. The van der Waals surface area contributed by atoms with Crippen LogP contribution in [0.1, 0.15) is 21.6 Å². The number of H-pyrrole nitrogens is 1. The number of fused-ring (bicyclic) bond motifs is 1. The number of benzene rings is 1. The second kappa shape index (κ2) is 6.50. The van der Waals surface area contributed by atoms with Gasteiger partial charge >= 0.3 is 0 Å². The van der Waals surface area contributed by atoms with Crippen LogP contribution in [0.3, 0.4) is 0 Å². The quantitative estimate of drug-likeness (QED) is 0.877. The summed E-state index contributed by atoms with van der Waals surface area (Å²) in [5.74, 6) is 0.0412. The van der Waals surface area contributed by atoms with Gasteiger partial charge in [-0.05, 0) is 35.9 Å². The predicted octanol–water partition coefficient (Wildman–Crippen LogP) is 2.30. The third-order valence-electron chi connectivity index (χ3n) is 4.04. The van der Waals surface area contributed by atoms with Crippen molar-refractivity contribution in [3.63, 3.8) is 0 Å². The lowest BCUT2D eigenvalue weighted by Gasteiger charge is -2.29. The minimum atomic E-state index is -0.295. The molecule has 3 rings (SSSR count). The fraction of sp³-hybridized carbons (Fsp3) is 0.294. The van der Waals surface area contributed by atoms with E-state index in [4.69, 9.17) is 4.74 Å². The summed E-state index contributed by atoms with van der Waals surface area (Å²) in [6, 6.07) is 7.65. The molecule has 0 fully saturated rings. The van der Waals surface area contributed by atoms with Crippen LogP contribution in [-0.2, 0) is 13.0 Å². The van der Waals surface area contributed by atoms with Crippen LogP contribution in [0, 0.1) is 0 Å². The number of nitrogens with one attached hydrogen (secondary N) is 1. The van der Waals surface area contributed by atoms with E-state index in [1.807, 2.05) is 0 Å². The minimum absolute atomic E-state index is 0.163. The Balaban J connectivity index is 1.81. The molecule has 0 saturated carbocycles. The number of aromatic nitrogens is 1. The SMILES string of the molecule is COc1c[nH]c(C(=O)N2CCc3cc(SC)ccc3C2)cc1=O. The van der Waals surface area contributed by atoms with Gasteiger partial charge in [-0.1, -0.05) is 6.07 Å². The van der Waals surface area contributed by atoms with E-state index in [1.54, 1.807) is 16.7 Å². The molecule has 2 aromatic rings. The number of hydrogen-bond donors (Lipinski definition) is 1. The Hall–Kier alpha value is -2.21. The number of amides is 1. The van der Waals surface area contributed by atoms with Gasteiger partial charge in [-0.3, -0.25) is 9.59 Å². The second-order valence-corrected chi connectivity index (χ2v) is 6.27. The maximum atomic E-state index is 12.6. The highest BCUT2D eigenvalue weighted by atomic mass is 32.2. The Bertz CT molecular complexity index is 801. The molecule has 1 N–H and O–H groups in total. The first-order valence-electron chi connectivity index (χ1n) is 7.34. The maximum absolute atomic E-state index is 12.6. The predicted molar refractivity (Wildman–Crippen MR) is 90.3 cm³/mol. The van der Waals surface area contributed by atoms with Crippen LogP contribution in [-0.4, -0.2) is 35.7 Å². The van der Waals surface area contributed by atoms with Gasteiger partial charge in [0.15, 0.2) is 5.75 Å². The summed E-state index contributed by atoms with van der Waals surface area (Å²) < 4.78 is 4.92. The zero-order valence-electron chi connectivity index (χ0n) is 13.1. The molecule has 0 unspecified atom stereocenters. The normalized spacial score (nSPS) is 13.6. The summed E-state index contributed by atoms with van der Waals surface area (Å²) >= 11 is 1.72. The fourth-order valence-corrected chi connectivity index (χ4v) is 3.21. The van der Waals surface area contributed by atoms with Gasteiger partial charge in [0.2, 0.25) is 5.43 Å². The molecule has 0 spiro atoms. The van der Waals surface area contributed by atoms with Gasteiger partial charge in [-0.15, -0.1) is 11.8 Å². The van der Waals surface area contributed by atoms with Crippen molar-refractivity contribution in [2.45, 2.75) is 17.9 Å². The van der Waals surface area contributed by atoms with E-state index in [9.17, 15) is 9.59 Å². The topological polar surface area (TPSA) is 62.4 Å². The first-order valence-corrected chi connectivity index (χ1v) is 8.56. The van der Waals surface area contributed by atoms with Gasteiger partial charge in [0.1, 0.15) is 5.69 Å². The molecule has 0 radical (unpaired) electrons. The van der Waals surface area contributed by atoms with Crippen LogP contribution in [0.25, 0.3) is 0 Å². The molecular weight excluding hydrogens is 312 g/mol. The number of pyridine rings is 1. The van der Waals surface area contributed by atoms with E-state index in [1.165, 1.54) is 35.4 Å². The van der Waals surface area contributed by atoms with E-state index < -0.39 is 0 Å². The number of nitrogens with zero attached hydrogens (tertiary/aromatic N) is 1. The van der Waals surface area contributed by atoms with Gasteiger partial charge in [-0.25, -0.2) is 0 Å². The van der Waals surface area contributed by atoms with Crippen molar-refractivity contribution in [1.29, 1.82) is 0 Å². The molecular formula is C17H18N2O3S. The number of methoxy groups -OCH3 is 1. The van der Waals surface area contributed by atoms with Crippen molar-refractivity contribution >= 4 is 17.7 Å². The minimum Gasteiger partial charge on any atom is -0.491 e. The van der Waals surface area contributed by atoms with E-state index in [-0.39, 0.29) is 17.1 Å². The molecule has 23 heavy (non-hydrogen) atoms. The summed E-state index contributed by atoms with van der Waals surface area (Å²) in [5.41, 5.74) is 2.46. The lowest BCUT2D eigenvalue weighted by molar-refractivity contribution is 0.0728. The van der Waals surface area contributed by atoms with E-state index >= 15 is 0 Å². The van der Waals surface area contributed by atoms with Gasteiger partial charge in [0.05, 0.1) is 7.11 Å². The van der Waals surface area contributed by atoms with Crippen molar-refractivity contribution < 1.29 is 9.53 Å². The van der Waals surface area contributed by atoms with Gasteiger partial charge in [-0.2, -0.15) is 0 Å². The lowest BCUT2D eigenvalue weighted by atomic mass is 9.99. The number of carbonyl (C=O) groups is 1. The maximum Gasteiger partial charge on any atom is 0.270 e. The fourth-order valence-electron chi connectivity index (χ4n) is 2.74. The molecule has 1 aromatic carbocycles. The molecule has 1 aliphatic rings. The summed E-state index contributed by atoms with van der Waals surface area (Å²) in [7, 11) is 1.43. The van der Waals surface area contributed by atoms with Crippen LogP contribution >= 0.6 is 11.8 Å². The average Bonchev–Trinajstić information content (AvgIpc) is 2.60.